The summed E-state index contributed by atoms with van der Waals surface area (Å²) >= 11 is 0. The average Bonchev–Trinajstić information content (AvgIpc) is 2.28. The number of halogens is 1. The van der Waals surface area contributed by atoms with E-state index in [4.69, 9.17) is 0 Å². The van der Waals surface area contributed by atoms with Crippen LogP contribution in [-0.4, -0.2) is 4.57 Å². The Labute approximate surface area is 93.0 Å². The molecular formula is C13H12FNO. The van der Waals surface area contributed by atoms with Gasteiger partial charge in [-0.15, -0.1) is 0 Å². The molecule has 16 heavy (non-hydrogen) atoms. The SMILES string of the molecule is Cc1ccn(-c2ccc(F)cc2)c(=O)c1C. The molecule has 82 valence electrons. The van der Waals surface area contributed by atoms with E-state index in [2.05, 4.69) is 0 Å². The fourth-order valence-electron chi connectivity index (χ4n) is 1.53. The van der Waals surface area contributed by atoms with Gasteiger partial charge in [-0.25, -0.2) is 4.39 Å². The van der Waals surface area contributed by atoms with Gasteiger partial charge in [-0.2, -0.15) is 0 Å². The first-order valence-electron chi connectivity index (χ1n) is 5.04. The van der Waals surface area contributed by atoms with Crippen molar-refractivity contribution in [3.05, 3.63) is 63.8 Å². The van der Waals surface area contributed by atoms with Crippen molar-refractivity contribution < 1.29 is 4.39 Å². The maximum absolute atomic E-state index is 12.8. The predicted octanol–water partition coefficient (Wildman–Crippen LogP) is 2.59. The first-order valence-corrected chi connectivity index (χ1v) is 5.04. The van der Waals surface area contributed by atoms with Crippen LogP contribution in [0.3, 0.4) is 0 Å². The zero-order chi connectivity index (χ0) is 11.7. The lowest BCUT2D eigenvalue weighted by Crippen LogP contribution is -2.20. The Bertz CT molecular complexity index is 569. The number of benzene rings is 1. The van der Waals surface area contributed by atoms with Crippen LogP contribution < -0.4 is 5.56 Å². The van der Waals surface area contributed by atoms with Gasteiger partial charge in [0, 0.05) is 17.4 Å². The van der Waals surface area contributed by atoms with Gasteiger partial charge in [0.25, 0.3) is 5.56 Å². The van der Waals surface area contributed by atoms with E-state index >= 15 is 0 Å². The summed E-state index contributed by atoms with van der Waals surface area (Å²) < 4.78 is 14.3. The summed E-state index contributed by atoms with van der Waals surface area (Å²) in [5.74, 6) is -0.305. The second kappa shape index (κ2) is 3.93. The highest BCUT2D eigenvalue weighted by Crippen LogP contribution is 2.08. The second-order valence-corrected chi connectivity index (χ2v) is 3.78. The van der Waals surface area contributed by atoms with E-state index in [9.17, 15) is 9.18 Å². The molecule has 2 aromatic rings. The van der Waals surface area contributed by atoms with Crippen molar-refractivity contribution in [1.29, 1.82) is 0 Å². The molecule has 0 fully saturated rings. The quantitative estimate of drug-likeness (QED) is 0.719. The van der Waals surface area contributed by atoms with Crippen molar-refractivity contribution in [2.45, 2.75) is 13.8 Å². The van der Waals surface area contributed by atoms with Crippen LogP contribution in [0.2, 0.25) is 0 Å². The molecule has 1 heterocycles. The fourth-order valence-corrected chi connectivity index (χ4v) is 1.53. The summed E-state index contributed by atoms with van der Waals surface area (Å²) in [4.78, 5) is 11.9. The number of aromatic nitrogens is 1. The molecule has 1 aromatic carbocycles. The second-order valence-electron chi connectivity index (χ2n) is 3.78. The standard InChI is InChI=1S/C13H12FNO/c1-9-7-8-15(13(16)10(9)2)12-5-3-11(14)4-6-12/h3-8H,1-2H3. The van der Waals surface area contributed by atoms with E-state index in [0.29, 0.717) is 11.3 Å². The number of pyridine rings is 1. The van der Waals surface area contributed by atoms with Crippen molar-refractivity contribution >= 4 is 0 Å². The molecule has 2 rings (SSSR count). The number of rotatable bonds is 1. The number of hydrogen-bond acceptors (Lipinski definition) is 1. The molecule has 0 saturated heterocycles. The van der Waals surface area contributed by atoms with Crippen LogP contribution in [0.4, 0.5) is 4.39 Å². The van der Waals surface area contributed by atoms with Gasteiger partial charge in [-0.3, -0.25) is 9.36 Å². The molecule has 0 amide bonds. The smallest absolute Gasteiger partial charge is 0.258 e. The molecule has 0 atom stereocenters. The molecule has 0 N–H and O–H groups in total. The molecular weight excluding hydrogens is 205 g/mol. The lowest BCUT2D eigenvalue weighted by molar-refractivity contribution is 0.627. The third kappa shape index (κ3) is 1.76. The summed E-state index contributed by atoms with van der Waals surface area (Å²) in [5.41, 5.74) is 2.29. The molecule has 3 heteroatoms. The lowest BCUT2D eigenvalue weighted by atomic mass is 10.2. The summed E-state index contributed by atoms with van der Waals surface area (Å²) in [6.07, 6.45) is 1.71. The Balaban J connectivity index is 2.61. The Morgan fingerprint density at radius 1 is 1.06 bits per heavy atom. The van der Waals surface area contributed by atoms with Gasteiger partial charge < -0.3 is 0 Å². The van der Waals surface area contributed by atoms with E-state index in [1.54, 1.807) is 25.3 Å². The van der Waals surface area contributed by atoms with Gasteiger partial charge >= 0.3 is 0 Å². The number of aryl methyl sites for hydroxylation is 1. The van der Waals surface area contributed by atoms with Crippen LogP contribution in [0.1, 0.15) is 11.1 Å². The molecule has 0 aliphatic carbocycles. The van der Waals surface area contributed by atoms with Gasteiger partial charge in [0.15, 0.2) is 0 Å². The molecule has 1 aromatic heterocycles. The molecule has 2 nitrogen and oxygen atoms in total. The van der Waals surface area contributed by atoms with Crippen LogP contribution in [0.15, 0.2) is 41.3 Å². The van der Waals surface area contributed by atoms with Gasteiger partial charge in [0.2, 0.25) is 0 Å². The molecule has 0 unspecified atom stereocenters. The Kier molecular flexibility index (Phi) is 2.60. The summed E-state index contributed by atoms with van der Waals surface area (Å²) in [6, 6.07) is 7.74. The minimum Gasteiger partial charge on any atom is -0.284 e. The van der Waals surface area contributed by atoms with Crippen LogP contribution in [0.25, 0.3) is 5.69 Å². The highest BCUT2D eigenvalue weighted by Gasteiger charge is 2.04. The summed E-state index contributed by atoms with van der Waals surface area (Å²) in [7, 11) is 0. The van der Waals surface area contributed by atoms with Crippen LogP contribution in [-0.2, 0) is 0 Å². The first-order chi connectivity index (χ1) is 7.59. The fraction of sp³-hybridized carbons (Fsp3) is 0.154. The van der Waals surface area contributed by atoms with Crippen molar-refractivity contribution in [3.8, 4) is 5.69 Å². The van der Waals surface area contributed by atoms with E-state index in [1.165, 1.54) is 16.7 Å². The monoisotopic (exact) mass is 217 g/mol. The third-order valence-electron chi connectivity index (χ3n) is 2.71. The highest BCUT2D eigenvalue weighted by atomic mass is 19.1. The van der Waals surface area contributed by atoms with Gasteiger partial charge in [0.1, 0.15) is 5.82 Å². The van der Waals surface area contributed by atoms with E-state index < -0.39 is 0 Å². The summed E-state index contributed by atoms with van der Waals surface area (Å²) in [5, 5.41) is 0. The Morgan fingerprint density at radius 2 is 1.69 bits per heavy atom. The molecule has 0 spiro atoms. The van der Waals surface area contributed by atoms with Crippen LogP contribution >= 0.6 is 0 Å². The van der Waals surface area contributed by atoms with Crippen LogP contribution in [0.5, 0.6) is 0 Å². The molecule has 0 radical (unpaired) electrons. The predicted molar refractivity (Wildman–Crippen MR) is 61.5 cm³/mol. The molecule has 0 aliphatic heterocycles. The van der Waals surface area contributed by atoms with Crippen molar-refractivity contribution in [3.63, 3.8) is 0 Å². The topological polar surface area (TPSA) is 22.0 Å². The molecule has 0 bridgehead atoms. The maximum atomic E-state index is 12.8. The van der Waals surface area contributed by atoms with E-state index in [-0.39, 0.29) is 11.4 Å². The number of hydrogen-bond donors (Lipinski definition) is 0. The van der Waals surface area contributed by atoms with E-state index in [0.717, 1.165) is 5.56 Å². The lowest BCUT2D eigenvalue weighted by Gasteiger charge is -2.08. The first kappa shape index (κ1) is 10.6. The van der Waals surface area contributed by atoms with Crippen molar-refractivity contribution in [1.82, 2.24) is 4.57 Å². The zero-order valence-electron chi connectivity index (χ0n) is 9.20. The Hall–Kier alpha value is -1.90. The minimum absolute atomic E-state index is 0.0633. The maximum Gasteiger partial charge on any atom is 0.258 e. The van der Waals surface area contributed by atoms with Crippen LogP contribution in [0, 0.1) is 19.7 Å². The summed E-state index contributed by atoms with van der Waals surface area (Å²) in [6.45, 7) is 3.68. The molecule has 0 saturated carbocycles. The van der Waals surface area contributed by atoms with Gasteiger partial charge in [0.05, 0.1) is 0 Å². The van der Waals surface area contributed by atoms with Crippen molar-refractivity contribution in [2.24, 2.45) is 0 Å². The number of nitrogens with zero attached hydrogens (tertiary/aromatic N) is 1. The normalized spacial score (nSPS) is 10.4. The average molecular weight is 217 g/mol. The van der Waals surface area contributed by atoms with E-state index in [1.807, 2.05) is 13.0 Å². The Morgan fingerprint density at radius 3 is 2.31 bits per heavy atom. The van der Waals surface area contributed by atoms with Crippen molar-refractivity contribution in [2.75, 3.05) is 0 Å². The van der Waals surface area contributed by atoms with Gasteiger partial charge in [-0.05, 0) is 49.7 Å². The largest absolute Gasteiger partial charge is 0.284 e. The third-order valence-corrected chi connectivity index (χ3v) is 2.71. The zero-order valence-corrected chi connectivity index (χ0v) is 9.20. The highest BCUT2D eigenvalue weighted by molar-refractivity contribution is 5.34. The molecule has 0 aliphatic rings. The minimum atomic E-state index is -0.305. The van der Waals surface area contributed by atoms with Gasteiger partial charge in [-0.1, -0.05) is 0 Å².